The lowest BCUT2D eigenvalue weighted by atomic mass is 9.79. The van der Waals surface area contributed by atoms with Gasteiger partial charge < -0.3 is 10.4 Å². The average molecular weight is 324 g/mol. The van der Waals surface area contributed by atoms with Crippen LogP contribution in [0.5, 0.6) is 0 Å². The summed E-state index contributed by atoms with van der Waals surface area (Å²) in [5.74, 6) is 1.15. The first-order chi connectivity index (χ1) is 8.89. The van der Waals surface area contributed by atoms with Crippen molar-refractivity contribution in [2.45, 2.75) is 38.2 Å². The van der Waals surface area contributed by atoms with Crippen LogP contribution in [-0.2, 0) is 0 Å². The number of pyridine rings is 1. The van der Waals surface area contributed by atoms with Crippen molar-refractivity contribution in [3.63, 3.8) is 0 Å². The quantitative estimate of drug-likeness (QED) is 0.811. The predicted octanol–water partition coefficient (Wildman–Crippen LogP) is 4.39. The lowest BCUT2D eigenvalue weighted by molar-refractivity contribution is 0.00495. The first-order valence-electron chi connectivity index (χ1n) is 6.37. The lowest BCUT2D eigenvalue weighted by Crippen LogP contribution is -2.40. The highest BCUT2D eigenvalue weighted by Gasteiger charge is 2.31. The van der Waals surface area contributed by atoms with E-state index in [0.717, 1.165) is 25.7 Å². The smallest absolute Gasteiger partial charge is 0.150 e. The molecule has 19 heavy (non-hydrogen) atoms. The molecule has 1 aliphatic rings. The van der Waals surface area contributed by atoms with Gasteiger partial charge in [0, 0.05) is 6.54 Å². The standard InChI is InChI=1S/C13H17Cl3N2O/c1-8-2-4-13(19,5-3-8)7-17-12-10(15)6-9(14)11(16)18-12/h6,8,19H,2-5,7H2,1H3,(H,17,18). The molecule has 1 heterocycles. The molecular weight excluding hydrogens is 307 g/mol. The van der Waals surface area contributed by atoms with Crippen molar-refractivity contribution in [3.05, 3.63) is 21.3 Å². The van der Waals surface area contributed by atoms with Crippen molar-refractivity contribution in [3.8, 4) is 0 Å². The van der Waals surface area contributed by atoms with Gasteiger partial charge in [-0.05, 0) is 37.7 Å². The number of halogens is 3. The largest absolute Gasteiger partial charge is 0.388 e. The Balaban J connectivity index is 2.01. The molecule has 0 bridgehead atoms. The molecule has 3 nitrogen and oxygen atoms in total. The highest BCUT2D eigenvalue weighted by atomic mass is 35.5. The van der Waals surface area contributed by atoms with Crippen LogP contribution >= 0.6 is 34.8 Å². The molecule has 1 aromatic heterocycles. The maximum Gasteiger partial charge on any atom is 0.150 e. The van der Waals surface area contributed by atoms with Gasteiger partial charge in [-0.1, -0.05) is 41.7 Å². The molecule has 0 atom stereocenters. The summed E-state index contributed by atoms with van der Waals surface area (Å²) in [4.78, 5) is 4.08. The fourth-order valence-electron chi connectivity index (χ4n) is 2.29. The number of hydrogen-bond acceptors (Lipinski definition) is 3. The van der Waals surface area contributed by atoms with Crippen molar-refractivity contribution >= 4 is 40.6 Å². The second kappa shape index (κ2) is 6.04. The molecule has 0 amide bonds. The molecule has 1 saturated carbocycles. The molecule has 0 spiro atoms. The van der Waals surface area contributed by atoms with Gasteiger partial charge in [-0.3, -0.25) is 0 Å². The monoisotopic (exact) mass is 322 g/mol. The van der Waals surface area contributed by atoms with E-state index in [1.54, 1.807) is 6.07 Å². The fourth-order valence-corrected chi connectivity index (χ4v) is 2.86. The van der Waals surface area contributed by atoms with E-state index in [-0.39, 0.29) is 5.15 Å². The van der Waals surface area contributed by atoms with Crippen LogP contribution in [0.3, 0.4) is 0 Å². The number of aromatic nitrogens is 1. The van der Waals surface area contributed by atoms with Crippen LogP contribution < -0.4 is 5.32 Å². The van der Waals surface area contributed by atoms with Gasteiger partial charge in [0.2, 0.25) is 0 Å². The first kappa shape index (κ1) is 15.2. The minimum absolute atomic E-state index is 0.206. The fraction of sp³-hybridized carbons (Fsp3) is 0.615. The molecule has 0 radical (unpaired) electrons. The van der Waals surface area contributed by atoms with Crippen molar-refractivity contribution in [2.75, 3.05) is 11.9 Å². The van der Waals surface area contributed by atoms with Gasteiger partial charge in [-0.25, -0.2) is 4.98 Å². The number of anilines is 1. The Morgan fingerprint density at radius 1 is 1.32 bits per heavy atom. The molecule has 0 aromatic carbocycles. The lowest BCUT2D eigenvalue weighted by Gasteiger charge is -2.35. The highest BCUT2D eigenvalue weighted by Crippen LogP contribution is 2.33. The van der Waals surface area contributed by atoms with Crippen molar-refractivity contribution in [2.24, 2.45) is 5.92 Å². The average Bonchev–Trinajstić information content (AvgIpc) is 2.36. The summed E-state index contributed by atoms with van der Waals surface area (Å²) in [6.07, 6.45) is 3.67. The van der Waals surface area contributed by atoms with Gasteiger partial charge in [0.25, 0.3) is 0 Å². The molecule has 1 aromatic rings. The van der Waals surface area contributed by atoms with E-state index in [1.165, 1.54) is 0 Å². The van der Waals surface area contributed by atoms with Crippen LogP contribution in [0.25, 0.3) is 0 Å². The zero-order valence-corrected chi connectivity index (χ0v) is 13.0. The molecule has 2 rings (SSSR count). The first-order valence-corrected chi connectivity index (χ1v) is 7.51. The molecule has 2 N–H and O–H groups in total. The van der Waals surface area contributed by atoms with E-state index in [0.29, 0.717) is 28.3 Å². The second-order valence-electron chi connectivity index (χ2n) is 5.35. The maximum atomic E-state index is 10.5. The van der Waals surface area contributed by atoms with Gasteiger partial charge in [0.1, 0.15) is 11.0 Å². The zero-order valence-electron chi connectivity index (χ0n) is 10.7. The number of hydrogen-bond donors (Lipinski definition) is 2. The van der Waals surface area contributed by atoms with E-state index < -0.39 is 5.60 Å². The summed E-state index contributed by atoms with van der Waals surface area (Å²) in [5.41, 5.74) is -0.691. The molecule has 6 heteroatoms. The van der Waals surface area contributed by atoms with Crippen LogP contribution in [0.15, 0.2) is 6.07 Å². The SMILES string of the molecule is CC1CCC(O)(CNc2nc(Cl)c(Cl)cc2Cl)CC1. The van der Waals surface area contributed by atoms with Gasteiger partial charge in [0.05, 0.1) is 15.6 Å². The summed E-state index contributed by atoms with van der Waals surface area (Å²) in [5, 5.41) is 14.5. The molecule has 1 fully saturated rings. The van der Waals surface area contributed by atoms with Crippen LogP contribution in [0, 0.1) is 5.92 Å². The number of nitrogens with one attached hydrogen (secondary N) is 1. The summed E-state index contributed by atoms with van der Waals surface area (Å²) >= 11 is 17.7. The Kier molecular flexibility index (Phi) is 4.83. The summed E-state index contributed by atoms with van der Waals surface area (Å²) in [7, 11) is 0. The molecule has 106 valence electrons. The van der Waals surface area contributed by atoms with Crippen molar-refractivity contribution in [1.82, 2.24) is 4.98 Å². The third-order valence-corrected chi connectivity index (χ3v) is 4.64. The van der Waals surface area contributed by atoms with Gasteiger partial charge >= 0.3 is 0 Å². The molecule has 0 aliphatic heterocycles. The van der Waals surface area contributed by atoms with Crippen LogP contribution in [0.1, 0.15) is 32.6 Å². The van der Waals surface area contributed by atoms with E-state index >= 15 is 0 Å². The van der Waals surface area contributed by atoms with E-state index in [2.05, 4.69) is 17.2 Å². The van der Waals surface area contributed by atoms with Crippen LogP contribution in [-0.4, -0.2) is 22.2 Å². The Bertz CT molecular complexity index is 459. The second-order valence-corrected chi connectivity index (χ2v) is 6.52. The summed E-state index contributed by atoms with van der Waals surface area (Å²) in [6.45, 7) is 2.63. The minimum Gasteiger partial charge on any atom is -0.388 e. The Morgan fingerprint density at radius 2 is 1.95 bits per heavy atom. The van der Waals surface area contributed by atoms with Gasteiger partial charge in [-0.2, -0.15) is 0 Å². The predicted molar refractivity (Wildman–Crippen MR) is 80.3 cm³/mol. The molecular formula is C13H17Cl3N2O. The Morgan fingerprint density at radius 3 is 2.58 bits per heavy atom. The van der Waals surface area contributed by atoms with Crippen molar-refractivity contribution in [1.29, 1.82) is 0 Å². The molecule has 1 aliphatic carbocycles. The number of rotatable bonds is 3. The van der Waals surface area contributed by atoms with E-state index in [1.807, 2.05) is 0 Å². The zero-order chi connectivity index (χ0) is 14.0. The van der Waals surface area contributed by atoms with E-state index in [4.69, 9.17) is 34.8 Å². The maximum absolute atomic E-state index is 10.5. The van der Waals surface area contributed by atoms with Crippen molar-refractivity contribution < 1.29 is 5.11 Å². The van der Waals surface area contributed by atoms with Gasteiger partial charge in [-0.15, -0.1) is 0 Å². The third kappa shape index (κ3) is 3.88. The third-order valence-electron chi connectivity index (χ3n) is 3.68. The van der Waals surface area contributed by atoms with Crippen LogP contribution in [0.2, 0.25) is 15.2 Å². The van der Waals surface area contributed by atoms with Crippen LogP contribution in [0.4, 0.5) is 5.82 Å². The van der Waals surface area contributed by atoms with E-state index in [9.17, 15) is 5.11 Å². The Hall–Kier alpha value is -0.220. The van der Waals surface area contributed by atoms with Gasteiger partial charge in [0.15, 0.2) is 0 Å². The molecule has 0 saturated heterocycles. The number of aliphatic hydroxyl groups is 1. The summed E-state index contributed by atoms with van der Waals surface area (Å²) < 4.78 is 0. The number of nitrogens with zero attached hydrogens (tertiary/aromatic N) is 1. The topological polar surface area (TPSA) is 45.1 Å². The molecule has 0 unspecified atom stereocenters. The summed E-state index contributed by atoms with van der Waals surface area (Å²) in [6, 6.07) is 1.55. The highest BCUT2D eigenvalue weighted by molar-refractivity contribution is 6.42. The minimum atomic E-state index is -0.691. The Labute approximate surface area is 128 Å². The normalized spacial score (nSPS) is 27.3.